The molecule has 11 heteroatoms. The van der Waals surface area contributed by atoms with Crippen molar-refractivity contribution in [2.45, 2.75) is 84.2 Å². The zero-order valence-corrected chi connectivity index (χ0v) is 20.7. The van der Waals surface area contributed by atoms with Crippen molar-refractivity contribution in [3.05, 3.63) is 0 Å². The van der Waals surface area contributed by atoms with Gasteiger partial charge < -0.3 is 14.2 Å². The van der Waals surface area contributed by atoms with Crippen LogP contribution in [0.1, 0.15) is 60.8 Å². The fourth-order valence-corrected chi connectivity index (χ4v) is 3.28. The van der Waals surface area contributed by atoms with Gasteiger partial charge in [-0.3, -0.25) is 19.9 Å². The second kappa shape index (κ2) is 13.1. The summed E-state index contributed by atoms with van der Waals surface area (Å²) in [5, 5.41) is 0. The number of hydrogen-bond acceptors (Lipinski definition) is 11. The minimum atomic E-state index is -0.910. The predicted molar refractivity (Wildman–Crippen MR) is 119 cm³/mol. The maximum absolute atomic E-state index is 11.9. The van der Waals surface area contributed by atoms with Crippen molar-refractivity contribution in [1.82, 2.24) is 16.3 Å². The number of hydroxylamine groups is 1. The van der Waals surface area contributed by atoms with Crippen LogP contribution in [0.5, 0.6) is 0 Å². The topological polar surface area (TPSA) is 141 Å². The molecule has 1 rings (SSSR count). The fraction of sp³-hybridized carbons (Fsp3) is 0.818. The lowest BCUT2D eigenvalue weighted by Crippen LogP contribution is -2.47. The Labute approximate surface area is 195 Å². The van der Waals surface area contributed by atoms with E-state index in [9.17, 15) is 19.2 Å². The molecule has 1 saturated carbocycles. The van der Waals surface area contributed by atoms with Crippen LogP contribution in [0.3, 0.4) is 0 Å². The van der Waals surface area contributed by atoms with Gasteiger partial charge in [0.2, 0.25) is 0 Å². The lowest BCUT2D eigenvalue weighted by Gasteiger charge is -2.28. The normalized spacial score (nSPS) is 19.7. The molecule has 1 fully saturated rings. The molecule has 33 heavy (non-hydrogen) atoms. The first-order valence-corrected chi connectivity index (χ1v) is 11.1. The van der Waals surface area contributed by atoms with Crippen molar-refractivity contribution in [3.8, 4) is 0 Å². The van der Waals surface area contributed by atoms with E-state index >= 15 is 0 Å². The third-order valence-electron chi connectivity index (χ3n) is 4.68. The minimum Gasteiger partial charge on any atom is -0.454 e. The zero-order chi connectivity index (χ0) is 25.2. The summed E-state index contributed by atoms with van der Waals surface area (Å²) in [6.45, 7) is 9.98. The van der Waals surface area contributed by atoms with Gasteiger partial charge in [-0.25, -0.2) is 15.0 Å². The highest BCUT2D eigenvalue weighted by atomic mass is 16.7. The second-order valence-electron chi connectivity index (χ2n) is 9.93. The Kier molecular flexibility index (Phi) is 11.5. The molecule has 3 N–H and O–H groups in total. The average molecular weight is 474 g/mol. The summed E-state index contributed by atoms with van der Waals surface area (Å²) in [6.07, 6.45) is 2.07. The number of carbonyl (C=O) groups excluding carboxylic acids is 4. The van der Waals surface area contributed by atoms with Crippen LogP contribution in [0, 0.1) is 5.92 Å². The molecule has 0 aromatic rings. The first kappa shape index (κ1) is 29.1. The molecule has 0 spiro atoms. The zero-order valence-electron chi connectivity index (χ0n) is 20.7. The lowest BCUT2D eigenvalue weighted by molar-refractivity contribution is -0.163. The summed E-state index contributed by atoms with van der Waals surface area (Å²) < 4.78 is 15.6. The van der Waals surface area contributed by atoms with E-state index in [0.717, 1.165) is 19.3 Å². The van der Waals surface area contributed by atoms with Gasteiger partial charge in [0.05, 0.1) is 25.3 Å². The SMILES string of the molecule is COC(CNNCC(=O)C(=O)OC(C)(C)C)C1CCCC1ONCC(=O)C(=O)OC(C)(C)C. The van der Waals surface area contributed by atoms with Crippen LogP contribution in [-0.2, 0) is 38.2 Å². The molecular weight excluding hydrogens is 434 g/mol. The Hall–Kier alpha value is -1.92. The summed E-state index contributed by atoms with van der Waals surface area (Å²) in [5.41, 5.74) is 6.71. The van der Waals surface area contributed by atoms with Gasteiger partial charge >= 0.3 is 11.9 Å². The van der Waals surface area contributed by atoms with Crippen molar-refractivity contribution in [2.75, 3.05) is 26.7 Å². The van der Waals surface area contributed by atoms with E-state index in [0.29, 0.717) is 6.54 Å². The Morgan fingerprint density at radius 2 is 1.39 bits per heavy atom. The van der Waals surface area contributed by atoms with Crippen LogP contribution in [0.2, 0.25) is 0 Å². The number of hydrogen-bond donors (Lipinski definition) is 3. The van der Waals surface area contributed by atoms with Crippen LogP contribution in [0.15, 0.2) is 0 Å². The van der Waals surface area contributed by atoms with E-state index in [1.165, 1.54) is 0 Å². The van der Waals surface area contributed by atoms with Crippen molar-refractivity contribution < 1.29 is 38.2 Å². The molecule has 0 aromatic heterocycles. The van der Waals surface area contributed by atoms with Gasteiger partial charge in [0.15, 0.2) is 0 Å². The molecule has 11 nitrogen and oxygen atoms in total. The molecule has 1 aliphatic rings. The highest BCUT2D eigenvalue weighted by Crippen LogP contribution is 2.31. The fourth-order valence-electron chi connectivity index (χ4n) is 3.28. The molecule has 0 amide bonds. The molecular formula is C22H39N3O8. The largest absolute Gasteiger partial charge is 0.454 e. The van der Waals surface area contributed by atoms with Crippen molar-refractivity contribution in [1.29, 1.82) is 0 Å². The van der Waals surface area contributed by atoms with E-state index in [4.69, 9.17) is 19.0 Å². The summed E-state index contributed by atoms with van der Waals surface area (Å²) in [5.74, 6) is -3.19. The highest BCUT2D eigenvalue weighted by molar-refractivity contribution is 6.34. The molecule has 3 unspecified atom stereocenters. The number of nitrogens with one attached hydrogen (secondary N) is 3. The van der Waals surface area contributed by atoms with Gasteiger partial charge in [-0.2, -0.15) is 5.48 Å². The van der Waals surface area contributed by atoms with Gasteiger partial charge in [0.25, 0.3) is 11.6 Å². The molecule has 0 aromatic carbocycles. The van der Waals surface area contributed by atoms with Gasteiger partial charge in [0, 0.05) is 19.6 Å². The van der Waals surface area contributed by atoms with Crippen LogP contribution in [0.4, 0.5) is 0 Å². The Balaban J connectivity index is 2.41. The van der Waals surface area contributed by atoms with Gasteiger partial charge in [-0.1, -0.05) is 6.42 Å². The Morgan fingerprint density at radius 1 is 0.848 bits per heavy atom. The standard InChI is InChI=1S/C22H39N3O8/c1-21(2,3)31-19(28)15(26)11-23-24-13-18(30-7)14-9-8-10-17(14)33-25-12-16(27)20(29)32-22(4,5)6/h14,17-18,23-25H,8-13H2,1-7H3. The molecule has 0 heterocycles. The van der Waals surface area contributed by atoms with Gasteiger partial charge in [0.1, 0.15) is 11.2 Å². The second-order valence-corrected chi connectivity index (χ2v) is 9.93. The maximum Gasteiger partial charge on any atom is 0.376 e. The molecule has 190 valence electrons. The third kappa shape index (κ3) is 11.7. The number of methoxy groups -OCH3 is 1. The summed E-state index contributed by atoms with van der Waals surface area (Å²) in [7, 11) is 1.58. The number of esters is 2. The molecule has 0 bridgehead atoms. The highest BCUT2D eigenvalue weighted by Gasteiger charge is 2.35. The number of carbonyl (C=O) groups is 4. The van der Waals surface area contributed by atoms with E-state index in [-0.39, 0.29) is 31.2 Å². The van der Waals surface area contributed by atoms with Gasteiger partial charge in [-0.15, -0.1) is 0 Å². The smallest absolute Gasteiger partial charge is 0.376 e. The molecule has 0 aliphatic heterocycles. The molecule has 3 atom stereocenters. The van der Waals surface area contributed by atoms with Crippen LogP contribution < -0.4 is 16.3 Å². The average Bonchev–Trinajstić information content (AvgIpc) is 3.13. The predicted octanol–water partition coefficient (Wildman–Crippen LogP) is 0.607. The monoisotopic (exact) mass is 473 g/mol. The molecule has 0 radical (unpaired) electrons. The number of hydrazine groups is 1. The summed E-state index contributed by atoms with van der Waals surface area (Å²) in [6, 6.07) is 0. The van der Waals surface area contributed by atoms with Crippen LogP contribution >= 0.6 is 0 Å². The minimum absolute atomic E-state index is 0.0231. The van der Waals surface area contributed by atoms with Crippen molar-refractivity contribution >= 4 is 23.5 Å². The van der Waals surface area contributed by atoms with Gasteiger partial charge in [-0.05, 0) is 54.4 Å². The first-order chi connectivity index (χ1) is 15.2. The number of ketones is 2. The number of ether oxygens (including phenoxy) is 3. The van der Waals surface area contributed by atoms with Crippen LogP contribution in [0.25, 0.3) is 0 Å². The summed E-state index contributed by atoms with van der Waals surface area (Å²) in [4.78, 5) is 52.9. The number of Topliss-reactive ketones (excluding diaryl/α,β-unsaturated/α-hetero) is 2. The van der Waals surface area contributed by atoms with Crippen molar-refractivity contribution in [3.63, 3.8) is 0 Å². The van der Waals surface area contributed by atoms with Crippen LogP contribution in [-0.4, -0.2) is 73.7 Å². The number of rotatable bonds is 13. The Morgan fingerprint density at radius 3 is 1.91 bits per heavy atom. The van der Waals surface area contributed by atoms with E-state index in [1.807, 2.05) is 0 Å². The summed E-state index contributed by atoms with van der Waals surface area (Å²) >= 11 is 0. The van der Waals surface area contributed by atoms with E-state index in [2.05, 4.69) is 16.3 Å². The first-order valence-electron chi connectivity index (χ1n) is 11.1. The van der Waals surface area contributed by atoms with E-state index < -0.39 is 34.7 Å². The molecule has 1 aliphatic carbocycles. The molecule has 0 saturated heterocycles. The van der Waals surface area contributed by atoms with E-state index in [1.54, 1.807) is 48.7 Å². The maximum atomic E-state index is 11.9. The lowest BCUT2D eigenvalue weighted by atomic mass is 9.98. The quantitative estimate of drug-likeness (QED) is 0.150. The van der Waals surface area contributed by atoms with Crippen molar-refractivity contribution in [2.24, 2.45) is 5.92 Å². The Bertz CT molecular complexity index is 684. The third-order valence-corrected chi connectivity index (χ3v) is 4.68.